The second kappa shape index (κ2) is 3.69. The molecular weight excluding hydrogens is 222 g/mol. The van der Waals surface area contributed by atoms with Gasteiger partial charge in [-0.3, -0.25) is 0 Å². The van der Waals surface area contributed by atoms with E-state index in [1.54, 1.807) is 20.8 Å². The lowest BCUT2D eigenvalue weighted by molar-refractivity contribution is 0.00572. The molecular formula is C10H13N5O2. The van der Waals surface area contributed by atoms with Gasteiger partial charge in [-0.25, -0.2) is 19.7 Å². The van der Waals surface area contributed by atoms with Crippen LogP contribution in [0.4, 0.5) is 5.82 Å². The molecule has 0 spiro atoms. The summed E-state index contributed by atoms with van der Waals surface area (Å²) in [6, 6.07) is 0. The highest BCUT2D eigenvalue weighted by Crippen LogP contribution is 2.15. The number of hydrogen-bond acceptors (Lipinski definition) is 6. The molecule has 0 atom stereocenters. The van der Waals surface area contributed by atoms with E-state index in [9.17, 15) is 4.79 Å². The quantitative estimate of drug-likeness (QED) is 0.711. The van der Waals surface area contributed by atoms with Gasteiger partial charge in [0.25, 0.3) is 0 Å². The second-order valence-electron chi connectivity index (χ2n) is 4.54. The third-order valence-electron chi connectivity index (χ3n) is 1.91. The van der Waals surface area contributed by atoms with Crippen molar-refractivity contribution in [3.8, 4) is 0 Å². The van der Waals surface area contributed by atoms with Crippen LogP contribution in [0.5, 0.6) is 0 Å². The number of carbonyl (C=O) groups excluding carboxylic acids is 1. The van der Waals surface area contributed by atoms with Crippen molar-refractivity contribution in [1.82, 2.24) is 19.9 Å². The molecule has 0 saturated carbocycles. The predicted molar refractivity (Wildman–Crippen MR) is 61.3 cm³/mol. The number of anilines is 1. The summed E-state index contributed by atoms with van der Waals surface area (Å²) in [5.41, 5.74) is 5.83. The van der Waals surface area contributed by atoms with Gasteiger partial charge in [0.1, 0.15) is 17.4 Å². The number of aromatic amines is 1. The number of rotatable bonds is 1. The van der Waals surface area contributed by atoms with Crippen LogP contribution in [0.2, 0.25) is 0 Å². The van der Waals surface area contributed by atoms with Gasteiger partial charge < -0.3 is 15.5 Å². The van der Waals surface area contributed by atoms with Crippen molar-refractivity contribution >= 4 is 23.0 Å². The number of imidazole rings is 1. The van der Waals surface area contributed by atoms with Crippen molar-refractivity contribution in [3.05, 3.63) is 12.2 Å². The molecule has 0 aliphatic carbocycles. The Kier molecular flexibility index (Phi) is 2.45. The fraction of sp³-hybridized carbons (Fsp3) is 0.400. The summed E-state index contributed by atoms with van der Waals surface area (Å²) in [6.45, 7) is 5.34. The number of nitrogens with zero attached hydrogens (tertiary/aromatic N) is 3. The number of fused-ring (bicyclic) bond motifs is 1. The molecule has 2 heterocycles. The normalized spacial score (nSPS) is 11.7. The van der Waals surface area contributed by atoms with Gasteiger partial charge in [-0.2, -0.15) is 0 Å². The summed E-state index contributed by atoms with van der Waals surface area (Å²) in [6.07, 6.45) is 1.29. The average molecular weight is 235 g/mol. The fourth-order valence-electron chi connectivity index (χ4n) is 1.27. The Morgan fingerprint density at radius 2 is 2.12 bits per heavy atom. The smallest absolute Gasteiger partial charge is 0.374 e. The largest absolute Gasteiger partial charge is 0.454 e. The zero-order valence-corrected chi connectivity index (χ0v) is 9.81. The third kappa shape index (κ3) is 2.32. The summed E-state index contributed by atoms with van der Waals surface area (Å²) in [5.74, 6) is -0.227. The standard InChI is InChI=1S/C10H13N5O2/c1-10(2,3)17-9(16)8-14-5-6(11)12-4-13-7(5)15-8/h4H,1-3H3,(H3,11,12,13,14,15). The molecule has 7 heteroatoms. The molecule has 0 aliphatic rings. The number of nitrogens with two attached hydrogens (primary N) is 1. The molecule has 0 unspecified atom stereocenters. The molecule has 90 valence electrons. The number of nitrogens with one attached hydrogen (secondary N) is 1. The highest BCUT2D eigenvalue weighted by molar-refractivity contribution is 5.91. The van der Waals surface area contributed by atoms with Crippen molar-refractivity contribution < 1.29 is 9.53 Å². The summed E-state index contributed by atoms with van der Waals surface area (Å²) in [4.78, 5) is 26.2. The molecule has 7 nitrogen and oxygen atoms in total. The molecule has 2 rings (SSSR count). The Hall–Kier alpha value is -2.18. The van der Waals surface area contributed by atoms with E-state index in [0.29, 0.717) is 11.2 Å². The van der Waals surface area contributed by atoms with E-state index in [4.69, 9.17) is 10.5 Å². The lowest BCUT2D eigenvalue weighted by Gasteiger charge is -2.18. The maximum Gasteiger partial charge on any atom is 0.374 e. The molecule has 2 aromatic heterocycles. The minimum absolute atomic E-state index is 0.0714. The van der Waals surface area contributed by atoms with Crippen molar-refractivity contribution in [2.75, 3.05) is 5.73 Å². The van der Waals surface area contributed by atoms with Gasteiger partial charge in [-0.05, 0) is 20.8 Å². The molecule has 0 fully saturated rings. The van der Waals surface area contributed by atoms with Crippen LogP contribution in [0.1, 0.15) is 31.4 Å². The predicted octanol–water partition coefficient (Wildman–Crippen LogP) is 0.890. The van der Waals surface area contributed by atoms with E-state index < -0.39 is 11.6 Å². The molecule has 0 bridgehead atoms. The molecule has 17 heavy (non-hydrogen) atoms. The average Bonchev–Trinajstić information content (AvgIpc) is 2.60. The van der Waals surface area contributed by atoms with E-state index >= 15 is 0 Å². The van der Waals surface area contributed by atoms with Crippen LogP contribution in [-0.4, -0.2) is 31.5 Å². The summed E-state index contributed by atoms with van der Waals surface area (Å²) in [7, 11) is 0. The molecule has 2 aromatic rings. The highest BCUT2D eigenvalue weighted by atomic mass is 16.6. The number of hydrogen-bond donors (Lipinski definition) is 2. The van der Waals surface area contributed by atoms with Gasteiger partial charge in [-0.15, -0.1) is 0 Å². The van der Waals surface area contributed by atoms with Crippen molar-refractivity contribution in [1.29, 1.82) is 0 Å². The number of nitrogen functional groups attached to an aromatic ring is 1. The van der Waals surface area contributed by atoms with E-state index in [-0.39, 0.29) is 11.6 Å². The van der Waals surface area contributed by atoms with Crippen molar-refractivity contribution in [3.63, 3.8) is 0 Å². The monoisotopic (exact) mass is 235 g/mol. The molecule has 0 aromatic carbocycles. The topological polar surface area (TPSA) is 107 Å². The highest BCUT2D eigenvalue weighted by Gasteiger charge is 2.21. The van der Waals surface area contributed by atoms with Crippen molar-refractivity contribution in [2.24, 2.45) is 0 Å². The Morgan fingerprint density at radius 1 is 1.41 bits per heavy atom. The SMILES string of the molecule is CC(C)(C)OC(=O)c1nc2ncnc(N)c2[nH]1. The molecule has 0 amide bonds. The van der Waals surface area contributed by atoms with Crippen molar-refractivity contribution in [2.45, 2.75) is 26.4 Å². The van der Waals surface area contributed by atoms with Crippen LogP contribution < -0.4 is 5.73 Å². The van der Waals surface area contributed by atoms with Crippen LogP contribution in [0.15, 0.2) is 6.33 Å². The number of aromatic nitrogens is 4. The molecule has 3 N–H and O–H groups in total. The Morgan fingerprint density at radius 3 is 2.71 bits per heavy atom. The summed E-state index contributed by atoms with van der Waals surface area (Å²) >= 11 is 0. The first-order chi connectivity index (χ1) is 7.87. The third-order valence-corrected chi connectivity index (χ3v) is 1.91. The van der Waals surface area contributed by atoms with Gasteiger partial charge in [0.05, 0.1) is 0 Å². The maximum absolute atomic E-state index is 11.7. The van der Waals surface area contributed by atoms with E-state index in [2.05, 4.69) is 19.9 Å². The second-order valence-corrected chi connectivity index (χ2v) is 4.54. The van der Waals surface area contributed by atoms with Gasteiger partial charge in [0.15, 0.2) is 11.5 Å². The summed E-state index contributed by atoms with van der Waals surface area (Å²) in [5, 5.41) is 0. The van der Waals surface area contributed by atoms with Crippen LogP contribution in [0, 0.1) is 0 Å². The van der Waals surface area contributed by atoms with Gasteiger partial charge >= 0.3 is 5.97 Å². The van der Waals surface area contributed by atoms with Gasteiger partial charge in [0.2, 0.25) is 5.82 Å². The zero-order valence-electron chi connectivity index (χ0n) is 9.81. The Labute approximate surface area is 97.4 Å². The first-order valence-corrected chi connectivity index (χ1v) is 5.06. The zero-order chi connectivity index (χ0) is 12.6. The van der Waals surface area contributed by atoms with Crippen LogP contribution in [0.25, 0.3) is 11.2 Å². The van der Waals surface area contributed by atoms with Gasteiger partial charge in [0, 0.05) is 0 Å². The first kappa shape index (κ1) is 11.3. The number of H-pyrrole nitrogens is 1. The van der Waals surface area contributed by atoms with Crippen LogP contribution in [-0.2, 0) is 4.74 Å². The minimum Gasteiger partial charge on any atom is -0.454 e. The summed E-state index contributed by atoms with van der Waals surface area (Å²) < 4.78 is 5.17. The molecule has 0 aliphatic heterocycles. The molecule has 0 radical (unpaired) electrons. The van der Waals surface area contributed by atoms with Gasteiger partial charge in [-0.1, -0.05) is 0 Å². The van der Waals surface area contributed by atoms with E-state index in [0.717, 1.165) is 0 Å². The van der Waals surface area contributed by atoms with E-state index in [1.165, 1.54) is 6.33 Å². The fourth-order valence-corrected chi connectivity index (χ4v) is 1.27. The van der Waals surface area contributed by atoms with Crippen LogP contribution >= 0.6 is 0 Å². The number of carbonyl (C=O) groups is 1. The lowest BCUT2D eigenvalue weighted by Crippen LogP contribution is -2.24. The van der Waals surface area contributed by atoms with E-state index in [1.807, 2.05) is 0 Å². The Balaban J connectivity index is 2.37. The maximum atomic E-state index is 11.7. The first-order valence-electron chi connectivity index (χ1n) is 5.06. The molecule has 0 saturated heterocycles. The van der Waals surface area contributed by atoms with Crippen LogP contribution in [0.3, 0.4) is 0 Å². The lowest BCUT2D eigenvalue weighted by atomic mass is 10.2. The Bertz CT molecular complexity index is 570. The number of esters is 1. The minimum atomic E-state index is -0.576. The number of ether oxygens (including phenoxy) is 1.